The van der Waals surface area contributed by atoms with Crippen LogP contribution >= 0.6 is 0 Å². The summed E-state index contributed by atoms with van der Waals surface area (Å²) in [5.74, 6) is 0. The Morgan fingerprint density at radius 2 is 2.28 bits per heavy atom. The molecule has 1 fully saturated rings. The van der Waals surface area contributed by atoms with Gasteiger partial charge in [0.15, 0.2) is 0 Å². The molecule has 0 aromatic heterocycles. The van der Waals surface area contributed by atoms with Gasteiger partial charge in [-0.1, -0.05) is 43.2 Å². The van der Waals surface area contributed by atoms with Gasteiger partial charge in [0.1, 0.15) is 6.04 Å². The number of aryl methyl sites for hydroxylation is 1. The Kier molecular flexibility index (Phi) is 4.38. The van der Waals surface area contributed by atoms with Gasteiger partial charge in [-0.25, -0.2) is 0 Å². The zero-order chi connectivity index (χ0) is 13.0. The van der Waals surface area contributed by atoms with Crippen LogP contribution in [-0.2, 0) is 0 Å². The molecule has 1 aliphatic heterocycles. The Morgan fingerprint density at radius 3 is 2.94 bits per heavy atom. The molecule has 1 heterocycles. The maximum absolute atomic E-state index is 9.54. The molecule has 0 N–H and O–H groups in total. The van der Waals surface area contributed by atoms with Crippen molar-refractivity contribution in [3.05, 3.63) is 35.4 Å². The lowest BCUT2D eigenvalue weighted by atomic mass is 9.95. The molecule has 2 heteroatoms. The van der Waals surface area contributed by atoms with E-state index < -0.39 is 0 Å². The first kappa shape index (κ1) is 13.1. The second kappa shape index (κ2) is 6.02. The molecule has 0 amide bonds. The molecule has 0 bridgehead atoms. The summed E-state index contributed by atoms with van der Waals surface area (Å²) in [6, 6.07) is 11.4. The first-order valence-electron chi connectivity index (χ1n) is 6.98. The normalized spacial score (nSPS) is 22.4. The van der Waals surface area contributed by atoms with Gasteiger partial charge in [0, 0.05) is 12.6 Å². The van der Waals surface area contributed by atoms with Crippen molar-refractivity contribution in [1.29, 1.82) is 5.26 Å². The number of piperidine rings is 1. The monoisotopic (exact) mass is 242 g/mol. The first-order valence-corrected chi connectivity index (χ1v) is 6.98. The summed E-state index contributed by atoms with van der Waals surface area (Å²) >= 11 is 0. The second-order valence-electron chi connectivity index (χ2n) is 5.24. The van der Waals surface area contributed by atoms with Gasteiger partial charge in [0.05, 0.1) is 6.07 Å². The molecule has 0 saturated carbocycles. The van der Waals surface area contributed by atoms with Crippen LogP contribution in [0.2, 0.25) is 0 Å². The van der Waals surface area contributed by atoms with Crippen LogP contribution in [0.3, 0.4) is 0 Å². The van der Waals surface area contributed by atoms with Gasteiger partial charge < -0.3 is 0 Å². The van der Waals surface area contributed by atoms with Gasteiger partial charge in [-0.2, -0.15) is 5.26 Å². The van der Waals surface area contributed by atoms with E-state index in [4.69, 9.17) is 0 Å². The third-order valence-electron chi connectivity index (χ3n) is 3.96. The highest BCUT2D eigenvalue weighted by Gasteiger charge is 2.28. The zero-order valence-electron chi connectivity index (χ0n) is 11.4. The molecule has 0 spiro atoms. The molecule has 0 aliphatic carbocycles. The Hall–Kier alpha value is -1.33. The minimum absolute atomic E-state index is 0.0739. The van der Waals surface area contributed by atoms with E-state index >= 15 is 0 Å². The summed E-state index contributed by atoms with van der Waals surface area (Å²) in [6.45, 7) is 5.38. The average Bonchev–Trinajstić information content (AvgIpc) is 2.40. The molecular formula is C16H22N2. The molecule has 18 heavy (non-hydrogen) atoms. The number of benzene rings is 1. The number of likely N-dealkylation sites (tertiary alicyclic amines) is 1. The van der Waals surface area contributed by atoms with Gasteiger partial charge in [-0.3, -0.25) is 4.90 Å². The number of hydrogen-bond donors (Lipinski definition) is 0. The van der Waals surface area contributed by atoms with Crippen LogP contribution in [0.1, 0.15) is 49.8 Å². The van der Waals surface area contributed by atoms with Gasteiger partial charge in [0.2, 0.25) is 0 Å². The largest absolute Gasteiger partial charge is 0.281 e. The van der Waals surface area contributed by atoms with E-state index in [1.54, 1.807) is 0 Å². The van der Waals surface area contributed by atoms with Crippen molar-refractivity contribution in [2.45, 2.75) is 51.6 Å². The molecule has 0 radical (unpaired) electrons. The highest BCUT2D eigenvalue weighted by atomic mass is 15.2. The smallest absolute Gasteiger partial charge is 0.124 e. The van der Waals surface area contributed by atoms with E-state index in [0.717, 1.165) is 18.5 Å². The van der Waals surface area contributed by atoms with Crippen molar-refractivity contribution in [3.63, 3.8) is 0 Å². The lowest BCUT2D eigenvalue weighted by molar-refractivity contribution is 0.117. The fourth-order valence-corrected chi connectivity index (χ4v) is 2.98. The van der Waals surface area contributed by atoms with E-state index in [-0.39, 0.29) is 6.04 Å². The number of rotatable bonds is 3. The Balaban J connectivity index is 2.25. The molecular weight excluding hydrogens is 220 g/mol. The number of nitriles is 1. The van der Waals surface area contributed by atoms with Crippen LogP contribution in [0.5, 0.6) is 0 Å². The Morgan fingerprint density at radius 1 is 1.44 bits per heavy atom. The van der Waals surface area contributed by atoms with Gasteiger partial charge in [-0.15, -0.1) is 0 Å². The summed E-state index contributed by atoms with van der Waals surface area (Å²) < 4.78 is 0. The van der Waals surface area contributed by atoms with Crippen molar-refractivity contribution in [3.8, 4) is 6.07 Å². The predicted molar refractivity (Wildman–Crippen MR) is 74.2 cm³/mol. The van der Waals surface area contributed by atoms with Crippen molar-refractivity contribution in [1.82, 2.24) is 4.90 Å². The minimum atomic E-state index is -0.0739. The molecule has 2 atom stereocenters. The van der Waals surface area contributed by atoms with Crippen molar-refractivity contribution < 1.29 is 0 Å². The van der Waals surface area contributed by atoms with Crippen molar-refractivity contribution in [2.75, 3.05) is 6.54 Å². The Bertz CT molecular complexity index is 433. The molecule has 2 unspecified atom stereocenters. The predicted octanol–water partition coefficient (Wildman–Crippen LogP) is 3.82. The fourth-order valence-electron chi connectivity index (χ4n) is 2.98. The molecule has 1 aromatic rings. The summed E-state index contributed by atoms with van der Waals surface area (Å²) in [6.07, 6.45) is 4.91. The number of hydrogen-bond acceptors (Lipinski definition) is 2. The molecule has 2 nitrogen and oxygen atoms in total. The molecule has 2 rings (SSSR count). The van der Waals surface area contributed by atoms with Crippen LogP contribution < -0.4 is 0 Å². The van der Waals surface area contributed by atoms with Crippen LogP contribution in [0.4, 0.5) is 0 Å². The third-order valence-corrected chi connectivity index (χ3v) is 3.96. The van der Waals surface area contributed by atoms with Crippen LogP contribution in [0, 0.1) is 18.3 Å². The molecule has 96 valence electrons. The maximum atomic E-state index is 9.54. The minimum Gasteiger partial charge on any atom is -0.281 e. The molecule has 1 aromatic carbocycles. The summed E-state index contributed by atoms with van der Waals surface area (Å²) in [4.78, 5) is 2.40. The van der Waals surface area contributed by atoms with E-state index in [2.05, 4.69) is 49.1 Å². The average molecular weight is 242 g/mol. The van der Waals surface area contributed by atoms with E-state index in [0.29, 0.717) is 6.04 Å². The molecule has 1 saturated heterocycles. The van der Waals surface area contributed by atoms with Crippen molar-refractivity contribution in [2.24, 2.45) is 0 Å². The Labute approximate surface area is 110 Å². The van der Waals surface area contributed by atoms with E-state index in [1.807, 2.05) is 0 Å². The third kappa shape index (κ3) is 2.73. The standard InChI is InChI=1S/C16H22N2/c1-3-15-9-4-5-10-18(15)16(12-17)14-8-6-7-13(2)11-14/h6-8,11,15-16H,3-5,9-10H2,1-2H3. The zero-order valence-corrected chi connectivity index (χ0v) is 11.4. The second-order valence-corrected chi connectivity index (χ2v) is 5.24. The summed E-state index contributed by atoms with van der Waals surface area (Å²) in [5, 5.41) is 9.54. The van der Waals surface area contributed by atoms with Crippen molar-refractivity contribution >= 4 is 0 Å². The lowest BCUT2D eigenvalue weighted by Crippen LogP contribution is -2.41. The van der Waals surface area contributed by atoms with Crippen LogP contribution in [0.15, 0.2) is 24.3 Å². The highest BCUT2D eigenvalue weighted by Crippen LogP contribution is 2.29. The molecule has 1 aliphatic rings. The fraction of sp³-hybridized carbons (Fsp3) is 0.562. The van der Waals surface area contributed by atoms with Gasteiger partial charge >= 0.3 is 0 Å². The number of nitrogens with zero attached hydrogens (tertiary/aromatic N) is 2. The van der Waals surface area contributed by atoms with Gasteiger partial charge in [0.25, 0.3) is 0 Å². The topological polar surface area (TPSA) is 27.0 Å². The van der Waals surface area contributed by atoms with Crippen LogP contribution in [0.25, 0.3) is 0 Å². The van der Waals surface area contributed by atoms with E-state index in [9.17, 15) is 5.26 Å². The summed E-state index contributed by atoms with van der Waals surface area (Å²) in [7, 11) is 0. The van der Waals surface area contributed by atoms with E-state index in [1.165, 1.54) is 24.8 Å². The summed E-state index contributed by atoms with van der Waals surface area (Å²) in [5.41, 5.74) is 2.38. The maximum Gasteiger partial charge on any atom is 0.124 e. The first-order chi connectivity index (χ1) is 8.76. The quantitative estimate of drug-likeness (QED) is 0.805. The highest BCUT2D eigenvalue weighted by molar-refractivity contribution is 5.29. The lowest BCUT2D eigenvalue weighted by Gasteiger charge is -2.38. The van der Waals surface area contributed by atoms with Crippen LogP contribution in [-0.4, -0.2) is 17.5 Å². The SMILES string of the molecule is CCC1CCCCN1C(C#N)c1cccc(C)c1. The van der Waals surface area contributed by atoms with Gasteiger partial charge in [-0.05, 0) is 31.7 Å².